The van der Waals surface area contributed by atoms with E-state index in [0.717, 1.165) is 19.6 Å². The van der Waals surface area contributed by atoms with Gasteiger partial charge < -0.3 is 15.4 Å². The van der Waals surface area contributed by atoms with Crippen LogP contribution in [0.3, 0.4) is 0 Å². The first kappa shape index (κ1) is 21.0. The van der Waals surface area contributed by atoms with Crippen LogP contribution in [0.25, 0.3) is 0 Å². The highest BCUT2D eigenvalue weighted by Crippen LogP contribution is 2.19. The van der Waals surface area contributed by atoms with Crippen LogP contribution in [-0.4, -0.2) is 57.2 Å². The number of esters is 1. The van der Waals surface area contributed by atoms with Gasteiger partial charge in [-0.05, 0) is 18.7 Å². The molecule has 0 bridgehead atoms. The Morgan fingerprint density at radius 3 is 2.28 bits per heavy atom. The second-order valence-electron chi connectivity index (χ2n) is 5.91. The van der Waals surface area contributed by atoms with Gasteiger partial charge in [0.15, 0.2) is 5.96 Å². The number of benzene rings is 1. The summed E-state index contributed by atoms with van der Waals surface area (Å²) in [6.45, 7) is 9.34. The molecule has 0 fully saturated rings. The minimum absolute atomic E-state index is 0.226. The van der Waals surface area contributed by atoms with Crippen LogP contribution in [0.5, 0.6) is 0 Å². The highest BCUT2D eigenvalue weighted by atomic mass is 16.5. The number of likely N-dealkylation sites (N-methyl/N-ethyl adjacent to an activating group) is 1. The predicted octanol–water partition coefficient (Wildman–Crippen LogP) is 2.04. The molecule has 2 atom stereocenters. The van der Waals surface area contributed by atoms with Crippen molar-refractivity contribution in [2.75, 3.05) is 40.3 Å². The van der Waals surface area contributed by atoms with Gasteiger partial charge in [-0.2, -0.15) is 0 Å². The van der Waals surface area contributed by atoms with Crippen LogP contribution in [-0.2, 0) is 9.53 Å². The van der Waals surface area contributed by atoms with E-state index >= 15 is 0 Å². The number of nitrogens with zero attached hydrogens (tertiary/aromatic N) is 2. The molecule has 0 heterocycles. The molecule has 1 rings (SSSR count). The van der Waals surface area contributed by atoms with Crippen molar-refractivity contribution in [1.82, 2.24) is 15.5 Å². The van der Waals surface area contributed by atoms with Crippen molar-refractivity contribution in [2.24, 2.45) is 10.9 Å². The van der Waals surface area contributed by atoms with Gasteiger partial charge in [0.25, 0.3) is 0 Å². The molecule has 0 aliphatic rings. The number of ether oxygens (including phenoxy) is 1. The maximum Gasteiger partial charge on any atom is 0.310 e. The molecule has 0 aromatic heterocycles. The highest BCUT2D eigenvalue weighted by Gasteiger charge is 2.19. The van der Waals surface area contributed by atoms with Gasteiger partial charge in [0.05, 0.1) is 19.1 Å². The summed E-state index contributed by atoms with van der Waals surface area (Å²) in [6, 6.07) is 10.7. The number of hydrogen-bond acceptors (Lipinski definition) is 4. The average Bonchev–Trinajstić information content (AvgIpc) is 2.66. The quantitative estimate of drug-likeness (QED) is 0.406. The zero-order valence-electron chi connectivity index (χ0n) is 16.1. The summed E-state index contributed by atoms with van der Waals surface area (Å²) in [5.41, 5.74) is 1.28. The Balaban J connectivity index is 2.69. The van der Waals surface area contributed by atoms with Crippen molar-refractivity contribution in [3.8, 4) is 0 Å². The van der Waals surface area contributed by atoms with Crippen LogP contribution in [0.1, 0.15) is 32.4 Å². The van der Waals surface area contributed by atoms with Gasteiger partial charge in [0, 0.05) is 20.1 Å². The molecular formula is C19H32N4O2. The molecule has 2 N–H and O–H groups in total. The van der Waals surface area contributed by atoms with Crippen molar-refractivity contribution >= 4 is 11.9 Å². The number of guanidine groups is 1. The first-order chi connectivity index (χ1) is 12.1. The van der Waals surface area contributed by atoms with E-state index < -0.39 is 0 Å². The first-order valence-electron chi connectivity index (χ1n) is 8.88. The molecule has 2 unspecified atom stereocenters. The van der Waals surface area contributed by atoms with E-state index in [9.17, 15) is 4.79 Å². The molecule has 25 heavy (non-hydrogen) atoms. The second kappa shape index (κ2) is 11.5. The zero-order valence-corrected chi connectivity index (χ0v) is 16.1. The Morgan fingerprint density at radius 1 is 1.16 bits per heavy atom. The van der Waals surface area contributed by atoms with E-state index in [2.05, 4.69) is 58.6 Å². The van der Waals surface area contributed by atoms with Crippen LogP contribution in [0.15, 0.2) is 35.3 Å². The molecule has 6 heteroatoms. The molecule has 6 nitrogen and oxygen atoms in total. The summed E-state index contributed by atoms with van der Waals surface area (Å²) in [4.78, 5) is 18.2. The lowest BCUT2D eigenvalue weighted by Gasteiger charge is -2.31. The maximum atomic E-state index is 11.5. The minimum Gasteiger partial charge on any atom is -0.469 e. The number of hydrogen-bond donors (Lipinski definition) is 2. The number of rotatable bonds is 9. The molecule has 0 aliphatic carbocycles. The van der Waals surface area contributed by atoms with Crippen molar-refractivity contribution in [2.45, 2.75) is 26.8 Å². The molecule has 1 aromatic carbocycles. The fourth-order valence-corrected chi connectivity index (χ4v) is 2.75. The van der Waals surface area contributed by atoms with E-state index in [1.807, 2.05) is 13.0 Å². The zero-order chi connectivity index (χ0) is 18.7. The fourth-order valence-electron chi connectivity index (χ4n) is 2.75. The van der Waals surface area contributed by atoms with Gasteiger partial charge in [-0.1, -0.05) is 51.1 Å². The molecular weight excluding hydrogens is 316 g/mol. The lowest BCUT2D eigenvalue weighted by Crippen LogP contribution is -2.45. The smallest absolute Gasteiger partial charge is 0.310 e. The van der Waals surface area contributed by atoms with Crippen LogP contribution in [0.2, 0.25) is 0 Å². The van der Waals surface area contributed by atoms with Gasteiger partial charge in [-0.3, -0.25) is 14.7 Å². The molecule has 0 amide bonds. The third kappa shape index (κ3) is 6.74. The number of aliphatic imine (C=N–C) groups is 1. The summed E-state index contributed by atoms with van der Waals surface area (Å²) >= 11 is 0. The van der Waals surface area contributed by atoms with E-state index in [-0.39, 0.29) is 17.9 Å². The van der Waals surface area contributed by atoms with Gasteiger partial charge in [0.2, 0.25) is 0 Å². The number of nitrogens with one attached hydrogen (secondary N) is 2. The summed E-state index contributed by atoms with van der Waals surface area (Å²) in [5, 5.41) is 6.56. The van der Waals surface area contributed by atoms with E-state index in [1.165, 1.54) is 12.7 Å². The van der Waals surface area contributed by atoms with Crippen LogP contribution in [0, 0.1) is 5.92 Å². The maximum absolute atomic E-state index is 11.5. The Kier molecular flexibility index (Phi) is 9.62. The molecule has 0 aliphatic heterocycles. The number of carbonyl (C=O) groups excluding carboxylic acids is 1. The third-order valence-corrected chi connectivity index (χ3v) is 4.30. The number of methoxy groups -OCH3 is 1. The summed E-state index contributed by atoms with van der Waals surface area (Å²) < 4.78 is 4.75. The molecule has 0 spiro atoms. The van der Waals surface area contributed by atoms with Gasteiger partial charge >= 0.3 is 5.97 Å². The molecule has 0 radical (unpaired) electrons. The summed E-state index contributed by atoms with van der Waals surface area (Å²) in [7, 11) is 3.13. The van der Waals surface area contributed by atoms with Gasteiger partial charge in [-0.15, -0.1) is 0 Å². The topological polar surface area (TPSA) is 66.0 Å². The van der Waals surface area contributed by atoms with Crippen molar-refractivity contribution in [3.05, 3.63) is 35.9 Å². The third-order valence-electron chi connectivity index (χ3n) is 4.30. The van der Waals surface area contributed by atoms with E-state index in [4.69, 9.17) is 4.74 Å². The molecule has 0 saturated heterocycles. The molecule has 140 valence electrons. The van der Waals surface area contributed by atoms with Crippen molar-refractivity contribution in [3.63, 3.8) is 0 Å². The Morgan fingerprint density at radius 2 is 1.76 bits per heavy atom. The minimum atomic E-state index is -0.228. The van der Waals surface area contributed by atoms with Gasteiger partial charge in [-0.25, -0.2) is 0 Å². The summed E-state index contributed by atoms with van der Waals surface area (Å²) in [6.07, 6.45) is 0. The van der Waals surface area contributed by atoms with E-state index in [1.54, 1.807) is 7.05 Å². The van der Waals surface area contributed by atoms with Crippen LogP contribution < -0.4 is 10.6 Å². The monoisotopic (exact) mass is 348 g/mol. The molecule has 0 saturated carbocycles. The van der Waals surface area contributed by atoms with Crippen molar-refractivity contribution < 1.29 is 9.53 Å². The average molecular weight is 348 g/mol. The molecule has 1 aromatic rings. The van der Waals surface area contributed by atoms with E-state index in [0.29, 0.717) is 12.5 Å². The Hall–Kier alpha value is -2.08. The Bertz CT molecular complexity index is 529. The predicted molar refractivity (Wildman–Crippen MR) is 103 cm³/mol. The number of carbonyl (C=O) groups is 1. The standard InChI is InChI=1S/C19H32N4O2/c1-6-23(7-2)17(16-11-9-8-10-12-16)14-22-19(20-4)21-13-15(3)18(24)25-5/h8-12,15,17H,6-7,13-14H2,1-5H3,(H2,20,21,22). The largest absolute Gasteiger partial charge is 0.469 e. The normalized spacial score (nSPS) is 14.1. The van der Waals surface area contributed by atoms with Crippen LogP contribution >= 0.6 is 0 Å². The Labute approximate surface area is 151 Å². The van der Waals surface area contributed by atoms with Gasteiger partial charge in [0.1, 0.15) is 0 Å². The van der Waals surface area contributed by atoms with Crippen LogP contribution in [0.4, 0.5) is 0 Å². The lowest BCUT2D eigenvalue weighted by atomic mass is 10.1. The van der Waals surface area contributed by atoms with Crippen molar-refractivity contribution in [1.29, 1.82) is 0 Å². The first-order valence-corrected chi connectivity index (χ1v) is 8.88. The highest BCUT2D eigenvalue weighted by molar-refractivity contribution is 5.80. The SMILES string of the molecule is CCN(CC)C(CNC(=NC)NCC(C)C(=O)OC)c1ccccc1. The fraction of sp³-hybridized carbons (Fsp3) is 0.579. The lowest BCUT2D eigenvalue weighted by molar-refractivity contribution is -0.144. The second-order valence-corrected chi connectivity index (χ2v) is 5.91. The summed E-state index contributed by atoms with van der Waals surface area (Å²) in [5.74, 6) is 0.230.